The quantitative estimate of drug-likeness (QED) is 0.211. The normalized spacial score (nSPS) is 12.3. The Morgan fingerprint density at radius 3 is 1.93 bits per heavy atom. The molecule has 4 heterocycles. The third-order valence-corrected chi connectivity index (χ3v) is 8.22. The van der Waals surface area contributed by atoms with E-state index in [1.54, 1.807) is 0 Å². The fourth-order valence-corrected chi connectivity index (χ4v) is 6.25. The molecular formula is C39H29N5. The van der Waals surface area contributed by atoms with E-state index in [0.29, 0.717) is 5.70 Å². The lowest BCUT2D eigenvalue weighted by Crippen LogP contribution is -2.01. The van der Waals surface area contributed by atoms with E-state index in [1.807, 2.05) is 55.6 Å². The smallest absolute Gasteiger partial charge is 0.0972 e. The van der Waals surface area contributed by atoms with Crippen LogP contribution in [0.25, 0.3) is 72.2 Å². The second-order valence-corrected chi connectivity index (χ2v) is 10.9. The molecule has 5 heteroatoms. The molecule has 0 spiro atoms. The second-order valence-electron chi connectivity index (χ2n) is 10.9. The standard InChI is InChI=1S/C39H29N5/c1-2-3-17-32(40)26-22-27(33-18-11-12-21-41-33)24-29(23-26)44-35-20-10-8-16-31(35)39-37(44)25-36-38(42-39)30-15-7-9-19-34(30)43(36)28-13-5-4-6-14-28/h2-25H,40H2,1H3/b3-2-,32-17-. The molecule has 8 rings (SSSR count). The molecule has 0 aliphatic rings. The van der Waals surface area contributed by atoms with Gasteiger partial charge in [-0.2, -0.15) is 0 Å². The first-order chi connectivity index (χ1) is 21.7. The zero-order valence-corrected chi connectivity index (χ0v) is 24.2. The number of nitrogens with zero attached hydrogens (tertiary/aromatic N) is 4. The fraction of sp³-hybridized carbons (Fsp3) is 0.0256. The lowest BCUT2D eigenvalue weighted by molar-refractivity contribution is 1.16. The van der Waals surface area contributed by atoms with Crippen LogP contribution in [0.1, 0.15) is 12.5 Å². The highest BCUT2D eigenvalue weighted by atomic mass is 15.0. The number of allylic oxidation sites excluding steroid dienone is 3. The van der Waals surface area contributed by atoms with Crippen molar-refractivity contribution < 1.29 is 0 Å². The molecule has 0 aliphatic heterocycles. The maximum absolute atomic E-state index is 6.64. The molecular weight excluding hydrogens is 538 g/mol. The van der Waals surface area contributed by atoms with Crippen molar-refractivity contribution >= 4 is 49.6 Å². The van der Waals surface area contributed by atoms with Gasteiger partial charge in [-0.15, -0.1) is 0 Å². The molecule has 210 valence electrons. The molecule has 0 saturated heterocycles. The summed E-state index contributed by atoms with van der Waals surface area (Å²) in [4.78, 5) is 10.1. The van der Waals surface area contributed by atoms with Crippen LogP contribution in [0.4, 0.5) is 0 Å². The summed E-state index contributed by atoms with van der Waals surface area (Å²) in [7, 11) is 0. The summed E-state index contributed by atoms with van der Waals surface area (Å²) < 4.78 is 4.62. The second kappa shape index (κ2) is 10.4. The van der Waals surface area contributed by atoms with E-state index < -0.39 is 0 Å². The van der Waals surface area contributed by atoms with Crippen LogP contribution in [-0.2, 0) is 0 Å². The first kappa shape index (κ1) is 25.7. The van der Waals surface area contributed by atoms with Gasteiger partial charge in [0.15, 0.2) is 0 Å². The molecule has 5 nitrogen and oxygen atoms in total. The molecule has 0 unspecified atom stereocenters. The minimum Gasteiger partial charge on any atom is -0.398 e. The lowest BCUT2D eigenvalue weighted by Gasteiger charge is -2.14. The Bertz CT molecular complexity index is 2390. The number of pyridine rings is 2. The Morgan fingerprint density at radius 2 is 1.27 bits per heavy atom. The van der Waals surface area contributed by atoms with Crippen LogP contribution in [0.5, 0.6) is 0 Å². The SMILES string of the molecule is C/C=C\C=C(/N)c1cc(-c2ccccn2)cc(-n2c3ccccc3c3nc4c5ccccc5n(-c5ccccc5)c4cc32)c1. The van der Waals surface area contributed by atoms with E-state index in [-0.39, 0.29) is 0 Å². The third-order valence-electron chi connectivity index (χ3n) is 8.22. The van der Waals surface area contributed by atoms with Gasteiger partial charge in [-0.25, -0.2) is 4.98 Å². The zero-order chi connectivity index (χ0) is 29.6. The number of hydrogen-bond donors (Lipinski definition) is 1. The van der Waals surface area contributed by atoms with E-state index in [2.05, 4.69) is 111 Å². The van der Waals surface area contributed by atoms with Gasteiger partial charge < -0.3 is 14.9 Å². The number of fused-ring (bicyclic) bond motifs is 6. The van der Waals surface area contributed by atoms with Gasteiger partial charge in [-0.05, 0) is 73.7 Å². The number of nitrogens with two attached hydrogens (primary N) is 1. The highest BCUT2D eigenvalue weighted by Gasteiger charge is 2.20. The van der Waals surface area contributed by atoms with Crippen LogP contribution in [0.2, 0.25) is 0 Å². The zero-order valence-electron chi connectivity index (χ0n) is 24.2. The predicted molar refractivity (Wildman–Crippen MR) is 183 cm³/mol. The molecule has 4 aromatic carbocycles. The van der Waals surface area contributed by atoms with Crippen molar-refractivity contribution in [2.24, 2.45) is 5.73 Å². The number of benzene rings is 4. The van der Waals surface area contributed by atoms with Crippen molar-refractivity contribution in [2.75, 3.05) is 0 Å². The van der Waals surface area contributed by atoms with Crippen LogP contribution >= 0.6 is 0 Å². The maximum atomic E-state index is 6.64. The first-order valence-corrected chi connectivity index (χ1v) is 14.8. The van der Waals surface area contributed by atoms with E-state index in [1.165, 1.54) is 0 Å². The van der Waals surface area contributed by atoms with Crippen molar-refractivity contribution in [1.82, 2.24) is 19.1 Å². The van der Waals surface area contributed by atoms with Crippen LogP contribution in [0.3, 0.4) is 0 Å². The average Bonchev–Trinajstić information content (AvgIpc) is 3.58. The summed E-state index contributed by atoms with van der Waals surface area (Å²) in [6.45, 7) is 1.99. The van der Waals surface area contributed by atoms with Gasteiger partial charge in [0.1, 0.15) is 0 Å². The minimum absolute atomic E-state index is 0.688. The van der Waals surface area contributed by atoms with Gasteiger partial charge in [-0.1, -0.05) is 72.8 Å². The summed E-state index contributed by atoms with van der Waals surface area (Å²) in [6.07, 6.45) is 7.71. The average molecular weight is 568 g/mol. The highest BCUT2D eigenvalue weighted by Crippen LogP contribution is 2.38. The van der Waals surface area contributed by atoms with E-state index in [0.717, 1.165) is 72.1 Å². The van der Waals surface area contributed by atoms with Crippen molar-refractivity contribution in [3.05, 3.63) is 151 Å². The van der Waals surface area contributed by atoms with Crippen molar-refractivity contribution in [2.45, 2.75) is 6.92 Å². The lowest BCUT2D eigenvalue weighted by atomic mass is 10.0. The van der Waals surface area contributed by atoms with E-state index in [9.17, 15) is 0 Å². The largest absolute Gasteiger partial charge is 0.398 e. The molecule has 4 aromatic heterocycles. The van der Waals surface area contributed by atoms with Gasteiger partial charge in [0.25, 0.3) is 0 Å². The summed E-state index contributed by atoms with van der Waals surface area (Å²) in [5.74, 6) is 0. The van der Waals surface area contributed by atoms with Crippen molar-refractivity contribution in [3.63, 3.8) is 0 Å². The van der Waals surface area contributed by atoms with Gasteiger partial charge in [0.2, 0.25) is 0 Å². The van der Waals surface area contributed by atoms with Gasteiger partial charge in [0, 0.05) is 45.2 Å². The van der Waals surface area contributed by atoms with Gasteiger partial charge >= 0.3 is 0 Å². The van der Waals surface area contributed by atoms with Crippen LogP contribution < -0.4 is 5.73 Å². The summed E-state index contributed by atoms with van der Waals surface area (Å²) in [5, 5.41) is 2.23. The van der Waals surface area contributed by atoms with Crippen molar-refractivity contribution in [3.8, 4) is 22.6 Å². The predicted octanol–water partition coefficient (Wildman–Crippen LogP) is 9.21. The molecule has 0 saturated carbocycles. The number of hydrogen-bond acceptors (Lipinski definition) is 3. The van der Waals surface area contributed by atoms with Crippen LogP contribution in [0.15, 0.2) is 146 Å². The van der Waals surface area contributed by atoms with Crippen LogP contribution in [-0.4, -0.2) is 19.1 Å². The molecule has 0 bridgehead atoms. The Kier molecular flexibility index (Phi) is 6.09. The number of para-hydroxylation sites is 3. The van der Waals surface area contributed by atoms with E-state index >= 15 is 0 Å². The monoisotopic (exact) mass is 567 g/mol. The molecule has 0 atom stereocenters. The van der Waals surface area contributed by atoms with Crippen LogP contribution in [0, 0.1) is 0 Å². The number of aromatic nitrogens is 4. The Labute approximate surface area is 254 Å². The Hall–Kier alpha value is -5.94. The topological polar surface area (TPSA) is 61.7 Å². The highest BCUT2D eigenvalue weighted by molar-refractivity contribution is 6.15. The Morgan fingerprint density at radius 1 is 0.636 bits per heavy atom. The molecule has 44 heavy (non-hydrogen) atoms. The maximum Gasteiger partial charge on any atom is 0.0972 e. The fourth-order valence-electron chi connectivity index (χ4n) is 6.25. The molecule has 0 amide bonds. The first-order valence-electron chi connectivity index (χ1n) is 14.8. The molecule has 0 radical (unpaired) electrons. The Balaban J connectivity index is 1.49. The molecule has 0 fully saturated rings. The molecule has 8 aromatic rings. The molecule has 0 aliphatic carbocycles. The van der Waals surface area contributed by atoms with Gasteiger partial charge in [-0.3, -0.25) is 4.98 Å². The number of rotatable bonds is 5. The summed E-state index contributed by atoms with van der Waals surface area (Å²) >= 11 is 0. The summed E-state index contributed by atoms with van der Waals surface area (Å²) in [6, 6.07) is 42.2. The van der Waals surface area contributed by atoms with Gasteiger partial charge in [0.05, 0.1) is 38.8 Å². The third kappa shape index (κ3) is 4.09. The summed E-state index contributed by atoms with van der Waals surface area (Å²) in [5.41, 5.74) is 18.5. The molecule has 2 N–H and O–H groups in total. The minimum atomic E-state index is 0.688. The van der Waals surface area contributed by atoms with E-state index in [4.69, 9.17) is 10.7 Å². The van der Waals surface area contributed by atoms with Crippen molar-refractivity contribution in [1.29, 1.82) is 0 Å².